The van der Waals surface area contributed by atoms with Crippen molar-refractivity contribution in [1.29, 1.82) is 0 Å². The van der Waals surface area contributed by atoms with Crippen molar-refractivity contribution < 1.29 is 5.11 Å². The van der Waals surface area contributed by atoms with Gasteiger partial charge >= 0.3 is 0 Å². The molecule has 1 aromatic rings. The van der Waals surface area contributed by atoms with Gasteiger partial charge in [-0.05, 0) is 37.1 Å². The lowest BCUT2D eigenvalue weighted by Crippen LogP contribution is -2.08. The average molecular weight is 225 g/mol. The van der Waals surface area contributed by atoms with Gasteiger partial charge in [0.1, 0.15) is 0 Å². The maximum Gasteiger partial charge on any atom is 0.0434 e. The molecule has 0 fully saturated rings. The molecule has 0 spiro atoms. The van der Waals surface area contributed by atoms with Crippen molar-refractivity contribution in [1.82, 2.24) is 5.09 Å². The van der Waals surface area contributed by atoms with Gasteiger partial charge in [-0.2, -0.15) is 0 Å². The maximum absolute atomic E-state index is 8.82. The van der Waals surface area contributed by atoms with E-state index < -0.39 is 0 Å². The van der Waals surface area contributed by atoms with Crippen LogP contribution in [0.25, 0.3) is 0 Å². The Bertz CT molecular complexity index is 278. The zero-order valence-electron chi connectivity index (χ0n) is 9.29. The van der Waals surface area contributed by atoms with Crippen molar-refractivity contribution >= 4 is 8.73 Å². The number of aliphatic hydroxyl groups is 1. The van der Waals surface area contributed by atoms with Gasteiger partial charge in [0, 0.05) is 13.2 Å². The van der Waals surface area contributed by atoms with E-state index in [1.807, 2.05) is 0 Å². The van der Waals surface area contributed by atoms with Crippen LogP contribution in [0.1, 0.15) is 17.5 Å². The second-order valence-electron chi connectivity index (χ2n) is 3.52. The van der Waals surface area contributed by atoms with Crippen LogP contribution in [0.3, 0.4) is 0 Å². The zero-order valence-corrected chi connectivity index (χ0v) is 10.3. The van der Waals surface area contributed by atoms with Crippen LogP contribution in [-0.2, 0) is 12.8 Å². The molecule has 0 saturated heterocycles. The molecule has 0 bridgehead atoms. The Balaban J connectivity index is 2.52. The minimum absolute atomic E-state index is 0.281. The molecule has 1 aromatic carbocycles. The molecule has 2 nitrogen and oxygen atoms in total. The highest BCUT2D eigenvalue weighted by Crippen LogP contribution is 2.11. The summed E-state index contributed by atoms with van der Waals surface area (Å²) >= 11 is 0. The molecule has 1 rings (SSSR count). The van der Waals surface area contributed by atoms with E-state index in [0.29, 0.717) is 0 Å². The standard InChI is InChI=1S/C12H20NOP/c1-15-13-9-8-12-6-3-2-5-11(12)7-4-10-14/h2-3,5-6,13-15H,4,7-10H2,1H3. The molecular formula is C12H20NOP. The first-order valence-electron chi connectivity index (χ1n) is 5.45. The lowest BCUT2D eigenvalue weighted by Gasteiger charge is -2.08. The van der Waals surface area contributed by atoms with E-state index in [1.54, 1.807) is 0 Å². The summed E-state index contributed by atoms with van der Waals surface area (Å²) in [4.78, 5) is 0. The van der Waals surface area contributed by atoms with Gasteiger partial charge in [-0.3, -0.25) is 5.09 Å². The van der Waals surface area contributed by atoms with Gasteiger partial charge in [0.05, 0.1) is 0 Å². The minimum atomic E-state index is 0.281. The summed E-state index contributed by atoms with van der Waals surface area (Å²) in [7, 11) is 0.817. The van der Waals surface area contributed by atoms with Crippen molar-refractivity contribution in [3.8, 4) is 0 Å². The minimum Gasteiger partial charge on any atom is -0.396 e. The fourth-order valence-corrected chi connectivity index (χ4v) is 2.01. The third kappa shape index (κ3) is 4.74. The summed E-state index contributed by atoms with van der Waals surface area (Å²) in [5, 5.41) is 12.2. The molecule has 2 N–H and O–H groups in total. The second kappa shape index (κ2) is 7.81. The topological polar surface area (TPSA) is 32.3 Å². The van der Waals surface area contributed by atoms with Gasteiger partial charge in [-0.1, -0.05) is 33.0 Å². The van der Waals surface area contributed by atoms with Gasteiger partial charge in [-0.15, -0.1) is 0 Å². The first-order chi connectivity index (χ1) is 7.38. The number of hydrogen-bond donors (Lipinski definition) is 2. The van der Waals surface area contributed by atoms with E-state index in [1.165, 1.54) is 11.1 Å². The van der Waals surface area contributed by atoms with Crippen LogP contribution < -0.4 is 5.09 Å². The van der Waals surface area contributed by atoms with Crippen LogP contribution in [0.5, 0.6) is 0 Å². The Labute approximate surface area is 93.9 Å². The summed E-state index contributed by atoms with van der Waals surface area (Å²) in [6.45, 7) is 3.48. The number of nitrogens with one attached hydrogen (secondary N) is 1. The number of rotatable bonds is 7. The highest BCUT2D eigenvalue weighted by atomic mass is 31.1. The molecule has 84 valence electrons. The molecule has 0 saturated carbocycles. The van der Waals surface area contributed by atoms with E-state index in [4.69, 9.17) is 5.11 Å². The van der Waals surface area contributed by atoms with Crippen LogP contribution in [-0.4, -0.2) is 24.9 Å². The molecule has 0 aliphatic rings. The van der Waals surface area contributed by atoms with Gasteiger partial charge < -0.3 is 5.11 Å². The van der Waals surface area contributed by atoms with Crippen molar-refractivity contribution in [2.45, 2.75) is 19.3 Å². The molecular weight excluding hydrogens is 205 g/mol. The van der Waals surface area contributed by atoms with Crippen molar-refractivity contribution in [3.05, 3.63) is 35.4 Å². The number of hydrogen-bond acceptors (Lipinski definition) is 2. The summed E-state index contributed by atoms with van der Waals surface area (Å²) in [6.07, 6.45) is 2.93. The summed E-state index contributed by atoms with van der Waals surface area (Å²) in [5.74, 6) is 0. The molecule has 0 radical (unpaired) electrons. The van der Waals surface area contributed by atoms with E-state index in [-0.39, 0.29) is 6.61 Å². The monoisotopic (exact) mass is 225 g/mol. The quantitative estimate of drug-likeness (QED) is 0.549. The predicted octanol–water partition coefficient (Wildman–Crippen LogP) is 1.97. The summed E-state index contributed by atoms with van der Waals surface area (Å²) in [6, 6.07) is 8.52. The normalized spacial score (nSPS) is 11.3. The van der Waals surface area contributed by atoms with E-state index in [2.05, 4.69) is 36.0 Å². The lowest BCUT2D eigenvalue weighted by molar-refractivity contribution is 0.288. The molecule has 1 atom stereocenters. The SMILES string of the molecule is CPNCCc1ccccc1CCCO. The molecule has 0 amide bonds. The molecule has 0 aliphatic carbocycles. The Morgan fingerprint density at radius 2 is 1.87 bits per heavy atom. The van der Waals surface area contributed by atoms with E-state index in [0.717, 1.165) is 34.5 Å². The van der Waals surface area contributed by atoms with Crippen molar-refractivity contribution in [2.24, 2.45) is 0 Å². The second-order valence-corrected chi connectivity index (χ2v) is 4.38. The fourth-order valence-electron chi connectivity index (χ4n) is 1.64. The Morgan fingerprint density at radius 1 is 1.20 bits per heavy atom. The van der Waals surface area contributed by atoms with Crippen LogP contribution >= 0.6 is 8.73 Å². The molecule has 1 unspecified atom stereocenters. The van der Waals surface area contributed by atoms with Crippen LogP contribution in [0.2, 0.25) is 0 Å². The lowest BCUT2D eigenvalue weighted by atomic mass is 10.0. The molecule has 0 heterocycles. The van der Waals surface area contributed by atoms with Crippen LogP contribution in [0, 0.1) is 0 Å². The van der Waals surface area contributed by atoms with Gasteiger partial charge in [0.2, 0.25) is 0 Å². The molecule has 0 aromatic heterocycles. The number of aliphatic hydroxyl groups excluding tert-OH is 1. The highest BCUT2D eigenvalue weighted by molar-refractivity contribution is 7.34. The van der Waals surface area contributed by atoms with Crippen LogP contribution in [0.4, 0.5) is 0 Å². The summed E-state index contributed by atoms with van der Waals surface area (Å²) in [5.41, 5.74) is 2.80. The van der Waals surface area contributed by atoms with Gasteiger partial charge in [-0.25, -0.2) is 0 Å². The largest absolute Gasteiger partial charge is 0.396 e. The number of benzene rings is 1. The van der Waals surface area contributed by atoms with Gasteiger partial charge in [0.25, 0.3) is 0 Å². The smallest absolute Gasteiger partial charge is 0.0434 e. The van der Waals surface area contributed by atoms with Crippen LogP contribution in [0.15, 0.2) is 24.3 Å². The zero-order chi connectivity index (χ0) is 10.9. The molecule has 3 heteroatoms. The van der Waals surface area contributed by atoms with E-state index in [9.17, 15) is 0 Å². The Morgan fingerprint density at radius 3 is 2.47 bits per heavy atom. The summed E-state index contributed by atoms with van der Waals surface area (Å²) < 4.78 is 0. The van der Waals surface area contributed by atoms with Crippen molar-refractivity contribution in [2.75, 3.05) is 19.8 Å². The third-order valence-electron chi connectivity index (χ3n) is 2.42. The fraction of sp³-hybridized carbons (Fsp3) is 0.500. The first-order valence-corrected chi connectivity index (χ1v) is 6.95. The highest BCUT2D eigenvalue weighted by Gasteiger charge is 2.00. The van der Waals surface area contributed by atoms with E-state index >= 15 is 0 Å². The third-order valence-corrected chi connectivity index (χ3v) is 3.02. The van der Waals surface area contributed by atoms with Gasteiger partial charge in [0.15, 0.2) is 0 Å². The first kappa shape index (κ1) is 12.6. The molecule has 0 aliphatic heterocycles. The predicted molar refractivity (Wildman–Crippen MR) is 67.8 cm³/mol. The number of aryl methyl sites for hydroxylation is 1. The molecule has 15 heavy (non-hydrogen) atoms. The Hall–Kier alpha value is -0.430. The van der Waals surface area contributed by atoms with Crippen molar-refractivity contribution in [3.63, 3.8) is 0 Å². The maximum atomic E-state index is 8.82. The Kier molecular flexibility index (Phi) is 6.58. The average Bonchev–Trinajstić information content (AvgIpc) is 2.28.